The summed E-state index contributed by atoms with van der Waals surface area (Å²) in [5, 5.41) is 0.680. The monoisotopic (exact) mass is 369 g/mol. The Kier molecular flexibility index (Phi) is 4.48. The van der Waals surface area contributed by atoms with Gasteiger partial charge >= 0.3 is 0 Å². The smallest absolute Gasteiger partial charge is 0.260 e. The first-order valence-electron chi connectivity index (χ1n) is 8.33. The molecule has 2 aromatic carbocycles. The second-order valence-electron chi connectivity index (χ2n) is 6.30. The van der Waals surface area contributed by atoms with E-state index in [9.17, 15) is 4.79 Å². The lowest BCUT2D eigenvalue weighted by molar-refractivity contribution is 0.0985. The molecular formula is C19H19N3O3S. The summed E-state index contributed by atoms with van der Waals surface area (Å²) in [6.45, 7) is 1.55. The van der Waals surface area contributed by atoms with Gasteiger partial charge in [-0.1, -0.05) is 29.5 Å². The number of hydrogen-bond donors (Lipinski definition) is 0. The number of carbonyl (C=O) groups is 1. The molecule has 4 rings (SSSR count). The number of fused-ring (bicyclic) bond motifs is 2. The fraction of sp³-hybridized carbons (Fsp3) is 0.263. The van der Waals surface area contributed by atoms with Crippen LogP contribution in [-0.2, 0) is 0 Å². The second kappa shape index (κ2) is 6.93. The molecule has 6 nitrogen and oxygen atoms in total. The van der Waals surface area contributed by atoms with E-state index in [1.807, 2.05) is 56.6 Å². The highest BCUT2D eigenvalue weighted by Gasteiger charge is 2.23. The average molecular weight is 369 g/mol. The number of thiazole rings is 1. The number of rotatable bonds is 5. The first-order valence-corrected chi connectivity index (χ1v) is 9.15. The van der Waals surface area contributed by atoms with Crippen molar-refractivity contribution < 1.29 is 14.3 Å². The van der Waals surface area contributed by atoms with Crippen molar-refractivity contribution in [2.75, 3.05) is 38.9 Å². The molecule has 0 saturated carbocycles. The van der Waals surface area contributed by atoms with Crippen molar-refractivity contribution >= 4 is 32.6 Å². The first-order chi connectivity index (χ1) is 12.6. The van der Waals surface area contributed by atoms with Crippen LogP contribution >= 0.6 is 11.3 Å². The number of anilines is 1. The van der Waals surface area contributed by atoms with Crippen LogP contribution in [0.3, 0.4) is 0 Å². The van der Waals surface area contributed by atoms with Gasteiger partial charge in [0.2, 0.25) is 6.79 Å². The van der Waals surface area contributed by atoms with E-state index in [1.54, 1.807) is 4.90 Å². The molecule has 0 bridgehead atoms. The largest absolute Gasteiger partial charge is 0.454 e. The molecule has 0 fully saturated rings. The molecule has 0 saturated heterocycles. The number of hydrogen-bond acceptors (Lipinski definition) is 6. The fourth-order valence-corrected chi connectivity index (χ4v) is 3.74. The van der Waals surface area contributed by atoms with Gasteiger partial charge in [0.05, 0.1) is 10.2 Å². The van der Waals surface area contributed by atoms with Crippen LogP contribution in [0.5, 0.6) is 11.5 Å². The van der Waals surface area contributed by atoms with Crippen molar-refractivity contribution in [2.24, 2.45) is 0 Å². The standard InChI is InChI=1S/C19H19N3O3S/c1-21(2)8-9-22(18(23)13-6-4-3-5-7-13)19-20-14-10-15-16(25-12-24-15)11-17(14)26-19/h3-7,10-11H,8-9,12H2,1-2H3. The first kappa shape index (κ1) is 16.8. The van der Waals surface area contributed by atoms with Gasteiger partial charge in [-0.25, -0.2) is 4.98 Å². The van der Waals surface area contributed by atoms with Gasteiger partial charge < -0.3 is 14.4 Å². The summed E-state index contributed by atoms with van der Waals surface area (Å²) in [5.74, 6) is 1.37. The molecule has 0 radical (unpaired) electrons. The minimum Gasteiger partial charge on any atom is -0.454 e. The molecule has 0 spiro atoms. The Morgan fingerprint density at radius 2 is 1.85 bits per heavy atom. The van der Waals surface area contributed by atoms with E-state index < -0.39 is 0 Å². The predicted molar refractivity (Wildman–Crippen MR) is 102 cm³/mol. The van der Waals surface area contributed by atoms with Crippen molar-refractivity contribution in [3.8, 4) is 11.5 Å². The zero-order chi connectivity index (χ0) is 18.1. The van der Waals surface area contributed by atoms with Gasteiger partial charge in [0.1, 0.15) is 0 Å². The second-order valence-corrected chi connectivity index (χ2v) is 7.30. The lowest BCUT2D eigenvalue weighted by Crippen LogP contribution is -2.36. The molecule has 2 heterocycles. The summed E-state index contributed by atoms with van der Waals surface area (Å²) in [6, 6.07) is 13.1. The van der Waals surface area contributed by atoms with Crippen LogP contribution in [0.25, 0.3) is 10.2 Å². The summed E-state index contributed by atoms with van der Waals surface area (Å²) < 4.78 is 11.8. The van der Waals surface area contributed by atoms with Crippen molar-refractivity contribution in [2.45, 2.75) is 0 Å². The molecular weight excluding hydrogens is 350 g/mol. The Balaban J connectivity index is 1.71. The van der Waals surface area contributed by atoms with E-state index in [4.69, 9.17) is 9.47 Å². The van der Waals surface area contributed by atoms with E-state index >= 15 is 0 Å². The highest BCUT2D eigenvalue weighted by atomic mass is 32.1. The Hall–Kier alpha value is -2.64. The van der Waals surface area contributed by atoms with Crippen molar-refractivity contribution in [1.29, 1.82) is 0 Å². The molecule has 1 aliphatic heterocycles. The fourth-order valence-electron chi connectivity index (χ4n) is 2.74. The minimum atomic E-state index is -0.0495. The minimum absolute atomic E-state index is 0.0495. The van der Waals surface area contributed by atoms with Crippen LogP contribution in [0, 0.1) is 0 Å². The maximum absolute atomic E-state index is 13.1. The van der Waals surface area contributed by atoms with Gasteiger partial charge in [0.25, 0.3) is 5.91 Å². The van der Waals surface area contributed by atoms with Crippen LogP contribution in [0.2, 0.25) is 0 Å². The SMILES string of the molecule is CN(C)CCN(C(=O)c1ccccc1)c1nc2cc3c(cc2s1)OCO3. The molecule has 0 N–H and O–H groups in total. The quantitative estimate of drug-likeness (QED) is 0.691. The van der Waals surface area contributed by atoms with Crippen molar-refractivity contribution in [3.63, 3.8) is 0 Å². The lowest BCUT2D eigenvalue weighted by Gasteiger charge is -2.22. The number of likely N-dealkylation sites (N-methyl/N-ethyl adjacent to an activating group) is 1. The normalized spacial score (nSPS) is 12.7. The topological polar surface area (TPSA) is 54.9 Å². The van der Waals surface area contributed by atoms with Crippen molar-refractivity contribution in [3.05, 3.63) is 48.0 Å². The maximum Gasteiger partial charge on any atom is 0.260 e. The molecule has 7 heteroatoms. The molecule has 3 aromatic rings. The molecule has 1 aromatic heterocycles. The van der Waals surface area contributed by atoms with E-state index in [0.29, 0.717) is 23.0 Å². The number of carbonyl (C=O) groups excluding carboxylic acids is 1. The Morgan fingerprint density at radius 1 is 1.12 bits per heavy atom. The molecule has 0 atom stereocenters. The highest BCUT2D eigenvalue weighted by Crippen LogP contribution is 2.39. The van der Waals surface area contributed by atoms with Gasteiger partial charge in [-0.05, 0) is 26.2 Å². The number of ether oxygens (including phenoxy) is 2. The Labute approximate surface area is 155 Å². The van der Waals surface area contributed by atoms with Gasteiger partial charge in [0, 0.05) is 30.8 Å². The molecule has 134 valence electrons. The van der Waals surface area contributed by atoms with Crippen molar-refractivity contribution in [1.82, 2.24) is 9.88 Å². The van der Waals surface area contributed by atoms with E-state index in [2.05, 4.69) is 9.88 Å². The molecule has 26 heavy (non-hydrogen) atoms. The number of amides is 1. The summed E-state index contributed by atoms with van der Waals surface area (Å²) in [4.78, 5) is 21.5. The molecule has 0 aliphatic carbocycles. The predicted octanol–water partition coefficient (Wildman–Crippen LogP) is 3.23. The zero-order valence-electron chi connectivity index (χ0n) is 14.6. The van der Waals surface area contributed by atoms with Gasteiger partial charge in [-0.3, -0.25) is 9.69 Å². The number of aromatic nitrogens is 1. The van der Waals surface area contributed by atoms with Gasteiger partial charge in [-0.15, -0.1) is 0 Å². The third-order valence-electron chi connectivity index (χ3n) is 4.14. The third-order valence-corrected chi connectivity index (χ3v) is 5.18. The van der Waals surface area contributed by atoms with Crippen LogP contribution in [0.15, 0.2) is 42.5 Å². The Bertz CT molecular complexity index is 899. The average Bonchev–Trinajstić information content (AvgIpc) is 3.25. The van der Waals surface area contributed by atoms with Crippen LogP contribution < -0.4 is 14.4 Å². The van der Waals surface area contributed by atoms with E-state index in [-0.39, 0.29) is 12.7 Å². The van der Waals surface area contributed by atoms with E-state index in [0.717, 1.165) is 22.5 Å². The highest BCUT2D eigenvalue weighted by molar-refractivity contribution is 7.22. The number of benzene rings is 2. The van der Waals surface area contributed by atoms with Crippen LogP contribution in [0.4, 0.5) is 5.13 Å². The van der Waals surface area contributed by atoms with Crippen LogP contribution in [-0.4, -0.2) is 49.8 Å². The van der Waals surface area contributed by atoms with Gasteiger partial charge in [-0.2, -0.15) is 0 Å². The van der Waals surface area contributed by atoms with E-state index in [1.165, 1.54) is 11.3 Å². The molecule has 1 aliphatic rings. The summed E-state index contributed by atoms with van der Waals surface area (Å²) >= 11 is 1.49. The maximum atomic E-state index is 13.1. The third kappa shape index (κ3) is 3.23. The molecule has 0 unspecified atom stereocenters. The van der Waals surface area contributed by atoms with Gasteiger partial charge in [0.15, 0.2) is 16.6 Å². The lowest BCUT2D eigenvalue weighted by atomic mass is 10.2. The summed E-state index contributed by atoms with van der Waals surface area (Å²) in [5.41, 5.74) is 1.46. The Morgan fingerprint density at radius 3 is 2.58 bits per heavy atom. The summed E-state index contributed by atoms with van der Waals surface area (Å²) in [7, 11) is 3.98. The number of nitrogens with zero attached hydrogens (tertiary/aromatic N) is 3. The van der Waals surface area contributed by atoms with Crippen LogP contribution in [0.1, 0.15) is 10.4 Å². The summed E-state index contributed by atoms with van der Waals surface area (Å²) in [6.07, 6.45) is 0. The molecule has 1 amide bonds. The zero-order valence-corrected chi connectivity index (χ0v) is 15.5.